The molecular weight excluding hydrogens is 188 g/mol. The highest BCUT2D eigenvalue weighted by atomic mass is 15.3. The molecule has 0 spiro atoms. The van der Waals surface area contributed by atoms with Crippen molar-refractivity contribution in [3.05, 3.63) is 29.7 Å². The molecule has 2 aromatic rings. The van der Waals surface area contributed by atoms with Gasteiger partial charge in [-0.3, -0.25) is 0 Å². The number of hydrogen-bond acceptors (Lipinski definition) is 3. The van der Waals surface area contributed by atoms with E-state index in [0.717, 1.165) is 17.0 Å². The summed E-state index contributed by atoms with van der Waals surface area (Å²) in [7, 11) is 0. The van der Waals surface area contributed by atoms with E-state index in [0.29, 0.717) is 6.54 Å². The number of rotatable bonds is 1. The summed E-state index contributed by atoms with van der Waals surface area (Å²) >= 11 is 0. The molecule has 2 aromatic heterocycles. The van der Waals surface area contributed by atoms with Crippen LogP contribution in [0.1, 0.15) is 32.2 Å². The summed E-state index contributed by atoms with van der Waals surface area (Å²) in [6, 6.07) is 3.93. The molecule has 4 heteroatoms. The van der Waals surface area contributed by atoms with Crippen molar-refractivity contribution in [2.75, 3.05) is 0 Å². The molecule has 2 N–H and O–H groups in total. The maximum absolute atomic E-state index is 5.57. The van der Waals surface area contributed by atoms with Gasteiger partial charge in [0.15, 0.2) is 11.5 Å². The first-order valence-corrected chi connectivity index (χ1v) is 5.06. The van der Waals surface area contributed by atoms with Gasteiger partial charge >= 0.3 is 0 Å². The van der Waals surface area contributed by atoms with Crippen LogP contribution in [0.25, 0.3) is 5.65 Å². The van der Waals surface area contributed by atoms with E-state index in [1.165, 1.54) is 0 Å². The summed E-state index contributed by atoms with van der Waals surface area (Å²) in [5.41, 5.74) is 7.49. The van der Waals surface area contributed by atoms with Crippen LogP contribution in [-0.4, -0.2) is 14.6 Å². The van der Waals surface area contributed by atoms with Crippen LogP contribution in [0.4, 0.5) is 0 Å². The first-order valence-electron chi connectivity index (χ1n) is 5.06. The Morgan fingerprint density at radius 2 is 2.07 bits per heavy atom. The smallest absolute Gasteiger partial charge is 0.157 e. The molecule has 0 aliphatic rings. The fraction of sp³-hybridized carbons (Fsp3) is 0.455. The molecule has 0 radical (unpaired) electrons. The SMILES string of the molecule is CC(C)(C)c1nc2ccc(CN)cn2n1. The normalized spacial score (nSPS) is 12.3. The lowest BCUT2D eigenvalue weighted by Crippen LogP contribution is -2.13. The Hall–Kier alpha value is -1.42. The molecule has 0 aromatic carbocycles. The van der Waals surface area contributed by atoms with E-state index in [9.17, 15) is 0 Å². The van der Waals surface area contributed by atoms with Crippen LogP contribution < -0.4 is 5.73 Å². The number of aromatic nitrogens is 3. The number of pyridine rings is 1. The van der Waals surface area contributed by atoms with E-state index in [1.807, 2.05) is 18.3 Å². The van der Waals surface area contributed by atoms with E-state index >= 15 is 0 Å². The Kier molecular flexibility index (Phi) is 2.23. The third kappa shape index (κ3) is 1.85. The minimum Gasteiger partial charge on any atom is -0.326 e. The number of nitrogens with zero attached hydrogens (tertiary/aromatic N) is 3. The van der Waals surface area contributed by atoms with Gasteiger partial charge in [0.2, 0.25) is 0 Å². The van der Waals surface area contributed by atoms with Gasteiger partial charge < -0.3 is 5.73 Å². The molecule has 0 bridgehead atoms. The van der Waals surface area contributed by atoms with Crippen molar-refractivity contribution in [2.24, 2.45) is 5.73 Å². The lowest BCUT2D eigenvalue weighted by molar-refractivity contribution is 0.545. The lowest BCUT2D eigenvalue weighted by Gasteiger charge is -2.11. The highest BCUT2D eigenvalue weighted by Gasteiger charge is 2.19. The Balaban J connectivity index is 2.56. The molecule has 0 atom stereocenters. The van der Waals surface area contributed by atoms with Crippen molar-refractivity contribution in [2.45, 2.75) is 32.7 Å². The van der Waals surface area contributed by atoms with Crippen LogP contribution in [0.3, 0.4) is 0 Å². The highest BCUT2D eigenvalue weighted by molar-refractivity contribution is 5.39. The maximum atomic E-state index is 5.57. The number of fused-ring (bicyclic) bond motifs is 1. The third-order valence-corrected chi connectivity index (χ3v) is 2.30. The quantitative estimate of drug-likeness (QED) is 0.765. The second kappa shape index (κ2) is 3.31. The molecule has 4 nitrogen and oxygen atoms in total. The Morgan fingerprint density at radius 1 is 1.33 bits per heavy atom. The van der Waals surface area contributed by atoms with Crippen molar-refractivity contribution in [3.63, 3.8) is 0 Å². The fourth-order valence-corrected chi connectivity index (χ4v) is 1.36. The zero-order valence-electron chi connectivity index (χ0n) is 9.36. The zero-order chi connectivity index (χ0) is 11.1. The topological polar surface area (TPSA) is 56.2 Å². The van der Waals surface area contributed by atoms with Gasteiger partial charge in [-0.15, -0.1) is 0 Å². The predicted octanol–water partition coefficient (Wildman–Crippen LogP) is 1.49. The predicted molar refractivity (Wildman–Crippen MR) is 59.6 cm³/mol. The van der Waals surface area contributed by atoms with E-state index in [1.54, 1.807) is 4.52 Å². The van der Waals surface area contributed by atoms with Gasteiger partial charge in [0, 0.05) is 18.2 Å². The minimum atomic E-state index is -0.0190. The van der Waals surface area contributed by atoms with Gasteiger partial charge in [0.25, 0.3) is 0 Å². The summed E-state index contributed by atoms with van der Waals surface area (Å²) in [6.07, 6.45) is 1.93. The van der Waals surface area contributed by atoms with Gasteiger partial charge in [0.1, 0.15) is 0 Å². The summed E-state index contributed by atoms with van der Waals surface area (Å²) in [5, 5.41) is 4.44. The summed E-state index contributed by atoms with van der Waals surface area (Å²) in [5.74, 6) is 0.858. The molecule has 2 rings (SSSR count). The Labute approximate surface area is 89.1 Å². The average molecular weight is 204 g/mol. The largest absolute Gasteiger partial charge is 0.326 e. The highest BCUT2D eigenvalue weighted by Crippen LogP contribution is 2.18. The fourth-order valence-electron chi connectivity index (χ4n) is 1.36. The van der Waals surface area contributed by atoms with E-state index in [4.69, 9.17) is 5.73 Å². The Morgan fingerprint density at radius 3 is 2.67 bits per heavy atom. The van der Waals surface area contributed by atoms with Crippen LogP contribution in [0.15, 0.2) is 18.3 Å². The van der Waals surface area contributed by atoms with Crippen LogP contribution in [0, 0.1) is 0 Å². The average Bonchev–Trinajstić information content (AvgIpc) is 2.59. The summed E-state index contributed by atoms with van der Waals surface area (Å²) in [4.78, 5) is 4.47. The van der Waals surface area contributed by atoms with Crippen molar-refractivity contribution < 1.29 is 0 Å². The van der Waals surface area contributed by atoms with Crippen LogP contribution >= 0.6 is 0 Å². The van der Waals surface area contributed by atoms with Crippen LogP contribution in [-0.2, 0) is 12.0 Å². The van der Waals surface area contributed by atoms with Crippen molar-refractivity contribution in [1.82, 2.24) is 14.6 Å². The Bertz CT molecular complexity index is 479. The molecule has 0 saturated heterocycles. The van der Waals surface area contributed by atoms with Gasteiger partial charge in [-0.2, -0.15) is 5.10 Å². The lowest BCUT2D eigenvalue weighted by atomic mass is 9.96. The van der Waals surface area contributed by atoms with Gasteiger partial charge in [0.05, 0.1) is 0 Å². The number of hydrogen-bond donors (Lipinski definition) is 1. The maximum Gasteiger partial charge on any atom is 0.157 e. The third-order valence-electron chi connectivity index (χ3n) is 2.30. The molecule has 0 amide bonds. The van der Waals surface area contributed by atoms with Crippen molar-refractivity contribution >= 4 is 5.65 Å². The monoisotopic (exact) mass is 204 g/mol. The second-order valence-corrected chi connectivity index (χ2v) is 4.73. The first kappa shape index (κ1) is 10.1. The van der Waals surface area contributed by atoms with Crippen molar-refractivity contribution in [1.29, 1.82) is 0 Å². The molecule has 0 aliphatic heterocycles. The van der Waals surface area contributed by atoms with Crippen LogP contribution in [0.5, 0.6) is 0 Å². The second-order valence-electron chi connectivity index (χ2n) is 4.73. The molecule has 15 heavy (non-hydrogen) atoms. The first-order chi connectivity index (χ1) is 7.00. The molecule has 80 valence electrons. The molecular formula is C11H16N4. The molecule has 0 unspecified atom stereocenters. The van der Waals surface area contributed by atoms with Crippen LogP contribution in [0.2, 0.25) is 0 Å². The molecule has 2 heterocycles. The zero-order valence-corrected chi connectivity index (χ0v) is 9.36. The minimum absolute atomic E-state index is 0.0190. The summed E-state index contributed by atoms with van der Waals surface area (Å²) < 4.78 is 1.79. The van der Waals surface area contributed by atoms with Crippen molar-refractivity contribution in [3.8, 4) is 0 Å². The molecule has 0 aliphatic carbocycles. The molecule has 0 fully saturated rings. The van der Waals surface area contributed by atoms with E-state index in [2.05, 4.69) is 30.9 Å². The summed E-state index contributed by atoms with van der Waals surface area (Å²) in [6.45, 7) is 6.84. The standard InChI is InChI=1S/C11H16N4/c1-11(2,3)10-13-9-5-4-8(6-12)7-15(9)14-10/h4-5,7H,6,12H2,1-3H3. The van der Waals surface area contributed by atoms with E-state index < -0.39 is 0 Å². The number of nitrogens with two attached hydrogens (primary N) is 1. The van der Waals surface area contributed by atoms with Gasteiger partial charge in [-0.05, 0) is 11.6 Å². The molecule has 0 saturated carbocycles. The van der Waals surface area contributed by atoms with Gasteiger partial charge in [-0.1, -0.05) is 26.8 Å². The van der Waals surface area contributed by atoms with Gasteiger partial charge in [-0.25, -0.2) is 9.50 Å². The van der Waals surface area contributed by atoms with E-state index in [-0.39, 0.29) is 5.41 Å².